The molecule has 0 aliphatic carbocycles. The second-order valence-electron chi connectivity index (χ2n) is 5.83. The van der Waals surface area contributed by atoms with E-state index in [2.05, 4.69) is 51.3 Å². The van der Waals surface area contributed by atoms with Crippen LogP contribution >= 0.6 is 27.5 Å². The maximum atomic E-state index is 12.4. The van der Waals surface area contributed by atoms with E-state index in [4.69, 9.17) is 11.6 Å². The molecule has 3 nitrogen and oxygen atoms in total. The molecule has 0 radical (unpaired) electrons. The number of amides is 1. The quantitative estimate of drug-likeness (QED) is 0.812. The predicted molar refractivity (Wildman–Crippen MR) is 99.5 cm³/mol. The number of halogens is 2. The summed E-state index contributed by atoms with van der Waals surface area (Å²) in [6.45, 7) is 3.33. The average molecular weight is 394 g/mol. The van der Waals surface area contributed by atoms with Crippen molar-refractivity contribution in [1.29, 1.82) is 0 Å². The van der Waals surface area contributed by atoms with Gasteiger partial charge in [0.05, 0.1) is 17.3 Å². The molecule has 0 unspecified atom stereocenters. The molecule has 1 aliphatic rings. The van der Waals surface area contributed by atoms with Crippen molar-refractivity contribution in [2.45, 2.75) is 19.8 Å². The van der Waals surface area contributed by atoms with Gasteiger partial charge < -0.3 is 10.2 Å². The van der Waals surface area contributed by atoms with Crippen molar-refractivity contribution in [3.63, 3.8) is 0 Å². The molecular weight excluding hydrogens is 376 g/mol. The lowest BCUT2D eigenvalue weighted by molar-refractivity contribution is -0.115. The maximum absolute atomic E-state index is 12.4. The molecule has 0 saturated carbocycles. The van der Waals surface area contributed by atoms with Crippen LogP contribution in [0.25, 0.3) is 0 Å². The largest absolute Gasteiger partial charge is 0.362 e. The van der Waals surface area contributed by atoms with E-state index >= 15 is 0 Å². The Morgan fingerprint density at radius 2 is 2.13 bits per heavy atom. The first-order valence-corrected chi connectivity index (χ1v) is 8.79. The van der Waals surface area contributed by atoms with Gasteiger partial charge >= 0.3 is 0 Å². The number of carbonyl (C=O) groups is 1. The van der Waals surface area contributed by atoms with Crippen molar-refractivity contribution in [3.8, 4) is 0 Å². The Kier molecular flexibility index (Phi) is 4.93. The van der Waals surface area contributed by atoms with E-state index in [0.29, 0.717) is 17.3 Å². The molecule has 3 rings (SSSR count). The second kappa shape index (κ2) is 6.93. The monoisotopic (exact) mass is 392 g/mol. The average Bonchev–Trinajstić information content (AvgIpc) is 2.50. The molecule has 2 aromatic rings. The molecule has 1 amide bonds. The topological polar surface area (TPSA) is 32.3 Å². The van der Waals surface area contributed by atoms with Gasteiger partial charge in [-0.1, -0.05) is 45.2 Å². The molecular formula is C18H18BrClN2O. The van der Waals surface area contributed by atoms with Crippen LogP contribution in [0.3, 0.4) is 0 Å². The highest BCUT2D eigenvalue weighted by atomic mass is 79.9. The number of aryl methyl sites for hydroxylation is 2. The Morgan fingerprint density at radius 1 is 1.30 bits per heavy atom. The van der Waals surface area contributed by atoms with Crippen LogP contribution in [0.1, 0.15) is 17.5 Å². The minimum atomic E-state index is -0.0531. The van der Waals surface area contributed by atoms with Gasteiger partial charge in [-0.05, 0) is 49.6 Å². The Labute approximate surface area is 149 Å². The lowest BCUT2D eigenvalue weighted by Crippen LogP contribution is -2.36. The van der Waals surface area contributed by atoms with Crippen molar-refractivity contribution in [3.05, 3.63) is 57.0 Å². The number of carbonyl (C=O) groups excluding carboxylic acids is 1. The van der Waals surface area contributed by atoms with E-state index in [0.717, 1.165) is 23.9 Å². The Hall–Kier alpha value is -1.52. The third-order valence-electron chi connectivity index (χ3n) is 3.99. The zero-order valence-corrected chi connectivity index (χ0v) is 15.2. The molecule has 0 bridgehead atoms. The third-order valence-corrected chi connectivity index (χ3v) is 4.80. The number of benzene rings is 2. The van der Waals surface area contributed by atoms with Gasteiger partial charge in [0.25, 0.3) is 0 Å². The van der Waals surface area contributed by atoms with Crippen LogP contribution in [0, 0.1) is 6.92 Å². The van der Waals surface area contributed by atoms with Gasteiger partial charge in [-0.3, -0.25) is 4.79 Å². The molecule has 1 heterocycles. The second-order valence-corrected chi connectivity index (χ2v) is 7.15. The first kappa shape index (κ1) is 16.3. The number of anilines is 2. The van der Waals surface area contributed by atoms with Gasteiger partial charge in [0, 0.05) is 16.7 Å². The summed E-state index contributed by atoms with van der Waals surface area (Å²) in [6, 6.07) is 11.9. The maximum Gasteiger partial charge on any atom is 0.243 e. The van der Waals surface area contributed by atoms with Crippen molar-refractivity contribution in [1.82, 2.24) is 0 Å². The zero-order chi connectivity index (χ0) is 16.4. The van der Waals surface area contributed by atoms with Crippen LogP contribution < -0.4 is 10.2 Å². The first-order chi connectivity index (χ1) is 11.0. The Balaban J connectivity index is 1.72. The highest BCUT2D eigenvalue weighted by Gasteiger charge is 2.19. The molecule has 0 fully saturated rings. The lowest BCUT2D eigenvalue weighted by Gasteiger charge is -2.31. The van der Waals surface area contributed by atoms with Crippen molar-refractivity contribution in [2.75, 3.05) is 23.3 Å². The van der Waals surface area contributed by atoms with Crippen molar-refractivity contribution >= 4 is 44.8 Å². The van der Waals surface area contributed by atoms with Crippen LogP contribution in [0.5, 0.6) is 0 Å². The normalized spacial score (nSPS) is 13.6. The van der Waals surface area contributed by atoms with E-state index in [1.807, 2.05) is 6.07 Å². The van der Waals surface area contributed by atoms with Crippen molar-refractivity contribution in [2.24, 2.45) is 0 Å². The summed E-state index contributed by atoms with van der Waals surface area (Å²) in [6.07, 6.45) is 2.15. The Bertz CT molecular complexity index is 748. The van der Waals surface area contributed by atoms with Crippen LogP contribution in [0.2, 0.25) is 5.02 Å². The van der Waals surface area contributed by atoms with E-state index in [1.54, 1.807) is 12.1 Å². The molecule has 0 atom stereocenters. The zero-order valence-electron chi connectivity index (χ0n) is 12.9. The fraction of sp³-hybridized carbons (Fsp3) is 0.278. The first-order valence-electron chi connectivity index (χ1n) is 7.62. The van der Waals surface area contributed by atoms with Crippen LogP contribution in [-0.2, 0) is 11.2 Å². The standard InChI is InChI=1S/C18H18BrClN2O/c1-12-4-7-17-13(9-12)3-2-8-22(17)11-18(23)21-16-6-5-14(19)10-15(16)20/h4-7,9-10H,2-3,8,11H2,1H3,(H,21,23). The molecule has 0 aromatic heterocycles. The Morgan fingerprint density at radius 3 is 2.91 bits per heavy atom. The van der Waals surface area contributed by atoms with Crippen LogP contribution in [0.4, 0.5) is 11.4 Å². The molecule has 23 heavy (non-hydrogen) atoms. The van der Waals surface area contributed by atoms with E-state index in [-0.39, 0.29) is 5.91 Å². The fourth-order valence-electron chi connectivity index (χ4n) is 2.92. The third kappa shape index (κ3) is 3.88. The number of hydrogen-bond donors (Lipinski definition) is 1. The van der Waals surface area contributed by atoms with Gasteiger partial charge in [-0.15, -0.1) is 0 Å². The summed E-state index contributed by atoms with van der Waals surface area (Å²) in [4.78, 5) is 14.5. The summed E-state index contributed by atoms with van der Waals surface area (Å²) in [5, 5.41) is 3.42. The minimum absolute atomic E-state index is 0.0531. The highest BCUT2D eigenvalue weighted by molar-refractivity contribution is 9.10. The van der Waals surface area contributed by atoms with E-state index in [1.165, 1.54) is 16.8 Å². The van der Waals surface area contributed by atoms with Gasteiger partial charge in [-0.2, -0.15) is 0 Å². The van der Waals surface area contributed by atoms with E-state index < -0.39 is 0 Å². The molecule has 1 aliphatic heterocycles. The SMILES string of the molecule is Cc1ccc2c(c1)CCCN2CC(=O)Nc1ccc(Br)cc1Cl. The highest BCUT2D eigenvalue weighted by Crippen LogP contribution is 2.28. The number of fused-ring (bicyclic) bond motifs is 1. The summed E-state index contributed by atoms with van der Waals surface area (Å²) < 4.78 is 0.890. The number of nitrogens with zero attached hydrogens (tertiary/aromatic N) is 1. The lowest BCUT2D eigenvalue weighted by atomic mass is 9.99. The summed E-state index contributed by atoms with van der Waals surface area (Å²) in [7, 11) is 0. The molecule has 1 N–H and O–H groups in total. The summed E-state index contributed by atoms with van der Waals surface area (Å²) in [5.74, 6) is -0.0531. The fourth-order valence-corrected chi connectivity index (χ4v) is 3.64. The summed E-state index contributed by atoms with van der Waals surface area (Å²) >= 11 is 9.52. The molecule has 0 saturated heterocycles. The van der Waals surface area contributed by atoms with Crippen LogP contribution in [-0.4, -0.2) is 19.0 Å². The molecule has 0 spiro atoms. The number of rotatable bonds is 3. The summed E-state index contributed by atoms with van der Waals surface area (Å²) in [5.41, 5.74) is 4.39. The molecule has 120 valence electrons. The van der Waals surface area contributed by atoms with Crippen LogP contribution in [0.15, 0.2) is 40.9 Å². The smallest absolute Gasteiger partial charge is 0.243 e. The van der Waals surface area contributed by atoms with Gasteiger partial charge in [-0.25, -0.2) is 0 Å². The number of hydrogen-bond acceptors (Lipinski definition) is 2. The minimum Gasteiger partial charge on any atom is -0.362 e. The van der Waals surface area contributed by atoms with E-state index in [9.17, 15) is 4.79 Å². The predicted octanol–water partition coefficient (Wildman–Crippen LogP) is 4.80. The van der Waals surface area contributed by atoms with Crippen molar-refractivity contribution < 1.29 is 4.79 Å². The molecule has 5 heteroatoms. The van der Waals surface area contributed by atoms with Gasteiger partial charge in [0.1, 0.15) is 0 Å². The van der Waals surface area contributed by atoms with Gasteiger partial charge in [0.2, 0.25) is 5.91 Å². The molecule has 2 aromatic carbocycles. The number of nitrogens with one attached hydrogen (secondary N) is 1. The van der Waals surface area contributed by atoms with Gasteiger partial charge in [0.15, 0.2) is 0 Å².